The number of fused-ring (bicyclic) bond motifs is 1. The Morgan fingerprint density at radius 2 is 1.68 bits per heavy atom. The van der Waals surface area contributed by atoms with E-state index in [-0.39, 0.29) is 35.2 Å². The maximum absolute atomic E-state index is 15.9. The molecule has 41 heavy (non-hydrogen) atoms. The molecule has 1 amide bonds. The van der Waals surface area contributed by atoms with Crippen molar-refractivity contribution in [2.45, 2.75) is 36.7 Å². The second-order valence-electron chi connectivity index (χ2n) is 9.47. The first kappa shape index (κ1) is 28.0. The minimum atomic E-state index is -1.79. The summed E-state index contributed by atoms with van der Waals surface area (Å²) >= 11 is 0.996. The van der Waals surface area contributed by atoms with Crippen LogP contribution in [-0.4, -0.2) is 66.9 Å². The highest BCUT2D eigenvalue weighted by Gasteiger charge is 2.50. The molecule has 0 unspecified atom stereocenters. The molecule has 212 valence electrons. The molecule has 0 saturated carbocycles. The molecule has 2 aromatic carbocycles. The minimum Gasteiger partial charge on any atom is -0.461 e. The Bertz CT molecular complexity index is 1630. The molecule has 2 N–H and O–H groups in total. The Labute approximate surface area is 236 Å². The fourth-order valence-electron chi connectivity index (χ4n) is 4.06. The molecule has 1 aliphatic heterocycles. The molecule has 1 saturated heterocycles. The Morgan fingerprint density at radius 3 is 2.32 bits per heavy atom. The molecule has 12 nitrogen and oxygen atoms in total. The minimum absolute atomic E-state index is 0.0554. The number of H-pyrrole nitrogens is 1. The average molecular weight is 581 g/mol. The van der Waals surface area contributed by atoms with E-state index >= 15 is 4.39 Å². The highest BCUT2D eigenvalue weighted by atomic mass is 32.2. The number of thioether (sulfide) groups is 1. The van der Waals surface area contributed by atoms with Crippen molar-refractivity contribution in [3.8, 4) is 0 Å². The predicted octanol–water partition coefficient (Wildman–Crippen LogP) is 3.14. The molecule has 0 aliphatic carbocycles. The average Bonchev–Trinajstić information content (AvgIpc) is 3.53. The van der Waals surface area contributed by atoms with Crippen LogP contribution in [-0.2, 0) is 14.3 Å². The second-order valence-corrected chi connectivity index (χ2v) is 10.8. The van der Waals surface area contributed by atoms with Crippen molar-refractivity contribution in [2.24, 2.45) is 5.92 Å². The lowest BCUT2D eigenvalue weighted by Crippen LogP contribution is -2.35. The van der Waals surface area contributed by atoms with Crippen LogP contribution in [0.25, 0.3) is 11.2 Å². The van der Waals surface area contributed by atoms with Crippen molar-refractivity contribution < 1.29 is 28.2 Å². The summed E-state index contributed by atoms with van der Waals surface area (Å²) in [4.78, 5) is 57.0. The third kappa shape index (κ3) is 5.96. The number of carbonyl (C=O) groups excluding carboxylic acids is 3. The van der Waals surface area contributed by atoms with Crippen molar-refractivity contribution in [3.63, 3.8) is 0 Å². The van der Waals surface area contributed by atoms with Gasteiger partial charge in [0.25, 0.3) is 5.56 Å². The number of aromatic nitrogens is 5. The quantitative estimate of drug-likeness (QED) is 0.297. The van der Waals surface area contributed by atoms with E-state index in [0.29, 0.717) is 5.56 Å². The highest BCUT2D eigenvalue weighted by Crippen LogP contribution is 2.46. The van der Waals surface area contributed by atoms with Crippen LogP contribution in [0, 0.1) is 5.92 Å². The first-order valence-corrected chi connectivity index (χ1v) is 13.6. The number of aromatic amines is 1. The molecule has 0 radical (unpaired) electrons. The standard InChI is InChI=1S/C27H25FN6O6S/c1-14(2)22(35)30-27-29-21-19(23(36)31-27)32-33-34(21)24-20(40-26(38)16-11-7-4-8-12-16)18(28)17(41-24)13-39-25(37)15-9-5-3-6-10-15/h3-12,14,17-18,20,24H,13H2,1-2H3,(H2,29,30,31,35,36)/t17-,18+,20+,24-/m1/s1. The Kier molecular flexibility index (Phi) is 8.10. The fourth-order valence-corrected chi connectivity index (χ4v) is 5.49. The second kappa shape index (κ2) is 11.9. The molecule has 1 aliphatic rings. The molecule has 2 aromatic heterocycles. The lowest BCUT2D eigenvalue weighted by Gasteiger charge is -2.21. The van der Waals surface area contributed by atoms with Gasteiger partial charge in [-0.25, -0.2) is 18.7 Å². The largest absolute Gasteiger partial charge is 0.461 e. The van der Waals surface area contributed by atoms with Crippen LogP contribution in [0.1, 0.15) is 39.9 Å². The van der Waals surface area contributed by atoms with Crippen LogP contribution >= 0.6 is 11.8 Å². The molecule has 1 fully saturated rings. The number of anilines is 1. The Hall–Kier alpha value is -4.59. The molecule has 0 spiro atoms. The van der Waals surface area contributed by atoms with E-state index in [2.05, 4.69) is 25.6 Å². The molecule has 0 bridgehead atoms. The van der Waals surface area contributed by atoms with Gasteiger partial charge in [-0.2, -0.15) is 4.98 Å². The van der Waals surface area contributed by atoms with Crippen LogP contribution in [0.5, 0.6) is 0 Å². The molecule has 5 rings (SSSR count). The molecular formula is C27H25FN6O6S. The van der Waals surface area contributed by atoms with Gasteiger partial charge in [0.1, 0.15) is 12.0 Å². The van der Waals surface area contributed by atoms with Crippen molar-refractivity contribution in [3.05, 3.63) is 82.1 Å². The summed E-state index contributed by atoms with van der Waals surface area (Å²) in [6, 6.07) is 16.3. The fraction of sp³-hybridized carbons (Fsp3) is 0.296. The summed E-state index contributed by atoms with van der Waals surface area (Å²) in [5, 5.41) is 8.43. The first-order chi connectivity index (χ1) is 19.7. The van der Waals surface area contributed by atoms with Gasteiger partial charge in [-0.15, -0.1) is 16.9 Å². The van der Waals surface area contributed by atoms with Gasteiger partial charge in [0, 0.05) is 5.92 Å². The Balaban J connectivity index is 1.46. The summed E-state index contributed by atoms with van der Waals surface area (Å²) in [7, 11) is 0. The highest BCUT2D eigenvalue weighted by molar-refractivity contribution is 8.00. The first-order valence-electron chi connectivity index (χ1n) is 12.7. The molecular weight excluding hydrogens is 555 g/mol. The van der Waals surface area contributed by atoms with Crippen LogP contribution in [0.2, 0.25) is 0 Å². The lowest BCUT2D eigenvalue weighted by atomic mass is 10.1. The lowest BCUT2D eigenvalue weighted by molar-refractivity contribution is -0.118. The monoisotopic (exact) mass is 580 g/mol. The Morgan fingerprint density at radius 1 is 1.05 bits per heavy atom. The van der Waals surface area contributed by atoms with Crippen molar-refractivity contribution in [2.75, 3.05) is 11.9 Å². The number of hydrogen-bond acceptors (Lipinski definition) is 10. The third-order valence-electron chi connectivity index (χ3n) is 6.25. The van der Waals surface area contributed by atoms with E-state index in [1.54, 1.807) is 62.4 Å². The maximum Gasteiger partial charge on any atom is 0.338 e. The number of nitrogens with one attached hydrogen (secondary N) is 2. The van der Waals surface area contributed by atoms with Gasteiger partial charge in [-0.05, 0) is 24.3 Å². The van der Waals surface area contributed by atoms with Crippen LogP contribution in [0.4, 0.5) is 10.3 Å². The zero-order valence-corrected chi connectivity index (χ0v) is 22.7. The SMILES string of the molecule is CC(C)C(=O)Nc1nc2c(nnn2[C@@H]2S[C@H](COC(=O)c3ccccc3)[C@H](F)[C@@H]2OC(=O)c2ccccc2)c(=O)[nH]1. The van der Waals surface area contributed by atoms with E-state index in [9.17, 15) is 19.2 Å². The number of ether oxygens (including phenoxy) is 2. The van der Waals surface area contributed by atoms with Crippen LogP contribution < -0.4 is 10.9 Å². The zero-order chi connectivity index (χ0) is 29.1. The predicted molar refractivity (Wildman–Crippen MR) is 147 cm³/mol. The maximum atomic E-state index is 15.9. The van der Waals surface area contributed by atoms with Crippen molar-refractivity contribution in [1.82, 2.24) is 25.0 Å². The van der Waals surface area contributed by atoms with E-state index in [4.69, 9.17) is 9.47 Å². The van der Waals surface area contributed by atoms with Gasteiger partial charge in [0.15, 0.2) is 23.4 Å². The van der Waals surface area contributed by atoms with E-state index in [1.807, 2.05) is 0 Å². The van der Waals surface area contributed by atoms with Crippen molar-refractivity contribution in [1.29, 1.82) is 0 Å². The number of rotatable bonds is 8. The van der Waals surface area contributed by atoms with Gasteiger partial charge in [0.05, 0.1) is 16.4 Å². The molecule has 4 atom stereocenters. The number of benzene rings is 2. The van der Waals surface area contributed by atoms with Gasteiger partial charge in [-0.3, -0.25) is 19.9 Å². The van der Waals surface area contributed by atoms with Gasteiger partial charge in [-0.1, -0.05) is 55.5 Å². The summed E-state index contributed by atoms with van der Waals surface area (Å²) in [5.41, 5.74) is -0.377. The molecule has 3 heterocycles. The zero-order valence-electron chi connectivity index (χ0n) is 21.9. The van der Waals surface area contributed by atoms with E-state index < -0.39 is 46.3 Å². The number of esters is 2. The van der Waals surface area contributed by atoms with E-state index in [0.717, 1.165) is 11.8 Å². The number of amides is 1. The van der Waals surface area contributed by atoms with Crippen molar-refractivity contribution >= 4 is 46.7 Å². The van der Waals surface area contributed by atoms with Gasteiger partial charge < -0.3 is 9.47 Å². The number of halogens is 1. The summed E-state index contributed by atoms with van der Waals surface area (Å²) < 4.78 is 28.1. The van der Waals surface area contributed by atoms with Gasteiger partial charge >= 0.3 is 11.9 Å². The number of carbonyl (C=O) groups is 3. The summed E-state index contributed by atoms with van der Waals surface area (Å²) in [5.74, 6) is -2.33. The third-order valence-corrected chi connectivity index (χ3v) is 7.74. The molecule has 4 aromatic rings. The number of nitrogens with zero attached hydrogens (tertiary/aromatic N) is 4. The van der Waals surface area contributed by atoms with Crippen LogP contribution in [0.3, 0.4) is 0 Å². The van der Waals surface area contributed by atoms with E-state index in [1.165, 1.54) is 16.8 Å². The topological polar surface area (TPSA) is 158 Å². The smallest absolute Gasteiger partial charge is 0.338 e. The van der Waals surface area contributed by atoms with Crippen LogP contribution in [0.15, 0.2) is 65.5 Å². The number of hydrogen-bond donors (Lipinski definition) is 2. The summed E-state index contributed by atoms with van der Waals surface area (Å²) in [6.07, 6.45) is -3.20. The van der Waals surface area contributed by atoms with Gasteiger partial charge in [0.2, 0.25) is 11.9 Å². The molecule has 14 heteroatoms. The normalized spacial score (nSPS) is 20.2. The summed E-state index contributed by atoms with van der Waals surface area (Å²) in [6.45, 7) is 3.02. The number of alkyl halides is 1.